The second-order valence-electron chi connectivity index (χ2n) is 12.6. The molecule has 3 atom stereocenters. The van der Waals surface area contributed by atoms with E-state index in [9.17, 15) is 24.6 Å². The van der Waals surface area contributed by atoms with Crippen molar-refractivity contribution in [2.75, 3.05) is 6.54 Å². The maximum absolute atomic E-state index is 14.6. The third-order valence-corrected chi connectivity index (χ3v) is 7.28. The summed E-state index contributed by atoms with van der Waals surface area (Å²) in [5.74, 6) is -0.602. The highest BCUT2D eigenvalue weighted by Gasteiger charge is 2.36. The van der Waals surface area contributed by atoms with Crippen molar-refractivity contribution in [2.24, 2.45) is 0 Å². The highest BCUT2D eigenvalue weighted by molar-refractivity contribution is 5.92. The van der Waals surface area contributed by atoms with Crippen molar-refractivity contribution in [3.8, 4) is 11.5 Å². The zero-order valence-corrected chi connectivity index (χ0v) is 27.4. The standard InChI is InChI=1S/C35H53N3O6/c1-7-9-10-11-12-13-23-38(31(27-17-21-29(40)22-18-27)32(41)36-25(3)14-8-2)33(42)30(37-34(43)44-35(4,5)6)24-26-15-19-28(39)20-16-26/h15-22,25,30-31,39-40H,7-14,23-24H2,1-6H3,(H,36,41)(H,37,43). The molecule has 9 heteroatoms. The minimum atomic E-state index is -1.05. The van der Waals surface area contributed by atoms with Crippen LogP contribution in [-0.2, 0) is 20.7 Å². The first-order valence-electron chi connectivity index (χ1n) is 16.0. The third-order valence-electron chi connectivity index (χ3n) is 7.28. The lowest BCUT2D eigenvalue weighted by Crippen LogP contribution is -2.54. The van der Waals surface area contributed by atoms with Crippen LogP contribution in [0.15, 0.2) is 48.5 Å². The number of unbranched alkanes of at least 4 members (excludes halogenated alkanes) is 5. The number of phenols is 2. The molecule has 0 aliphatic rings. The molecule has 9 nitrogen and oxygen atoms in total. The number of hydrogen-bond donors (Lipinski definition) is 4. The molecule has 244 valence electrons. The molecule has 0 saturated heterocycles. The van der Waals surface area contributed by atoms with E-state index in [1.807, 2.05) is 13.8 Å². The lowest BCUT2D eigenvalue weighted by Gasteiger charge is -2.35. The van der Waals surface area contributed by atoms with E-state index in [2.05, 4.69) is 17.6 Å². The first-order chi connectivity index (χ1) is 20.8. The molecule has 2 rings (SSSR count). The fraction of sp³-hybridized carbons (Fsp3) is 0.571. The van der Waals surface area contributed by atoms with E-state index in [1.165, 1.54) is 24.3 Å². The molecule has 0 spiro atoms. The number of ether oxygens (including phenoxy) is 1. The molecule has 2 aromatic carbocycles. The molecule has 0 heterocycles. The SMILES string of the molecule is CCCCCCCCN(C(=O)C(Cc1ccc(O)cc1)NC(=O)OC(C)(C)C)C(C(=O)NC(C)CCC)c1ccc(O)cc1. The summed E-state index contributed by atoms with van der Waals surface area (Å²) in [6.07, 6.45) is 7.02. The van der Waals surface area contributed by atoms with Gasteiger partial charge in [-0.2, -0.15) is 0 Å². The summed E-state index contributed by atoms with van der Waals surface area (Å²) < 4.78 is 5.51. The Bertz CT molecular complexity index is 1160. The minimum absolute atomic E-state index is 0.0536. The summed E-state index contributed by atoms with van der Waals surface area (Å²) in [6.45, 7) is 11.7. The van der Waals surface area contributed by atoms with Crippen LogP contribution >= 0.6 is 0 Å². The predicted molar refractivity (Wildman–Crippen MR) is 173 cm³/mol. The van der Waals surface area contributed by atoms with Gasteiger partial charge in [-0.15, -0.1) is 0 Å². The van der Waals surface area contributed by atoms with E-state index < -0.39 is 29.7 Å². The Balaban J connectivity index is 2.54. The van der Waals surface area contributed by atoms with E-state index in [0.717, 1.165) is 50.5 Å². The van der Waals surface area contributed by atoms with Crippen molar-refractivity contribution in [2.45, 2.75) is 123 Å². The lowest BCUT2D eigenvalue weighted by atomic mass is 9.99. The first-order valence-corrected chi connectivity index (χ1v) is 16.0. The second-order valence-corrected chi connectivity index (χ2v) is 12.6. The van der Waals surface area contributed by atoms with Gasteiger partial charge in [0, 0.05) is 19.0 Å². The number of carbonyl (C=O) groups excluding carboxylic acids is 3. The maximum atomic E-state index is 14.6. The van der Waals surface area contributed by atoms with Crippen LogP contribution in [-0.4, -0.2) is 57.3 Å². The van der Waals surface area contributed by atoms with Gasteiger partial charge >= 0.3 is 6.09 Å². The number of aromatic hydroxyl groups is 2. The summed E-state index contributed by atoms with van der Waals surface area (Å²) in [5.41, 5.74) is 0.501. The van der Waals surface area contributed by atoms with Crippen molar-refractivity contribution in [3.05, 3.63) is 59.7 Å². The summed E-state index contributed by atoms with van der Waals surface area (Å²) in [6, 6.07) is 10.6. The number of amides is 3. The molecule has 44 heavy (non-hydrogen) atoms. The summed E-state index contributed by atoms with van der Waals surface area (Å²) in [5, 5.41) is 25.6. The maximum Gasteiger partial charge on any atom is 0.408 e. The number of rotatable bonds is 17. The Kier molecular flexibility index (Phi) is 15.0. The number of hydrogen-bond acceptors (Lipinski definition) is 6. The largest absolute Gasteiger partial charge is 0.508 e. The second kappa shape index (κ2) is 18.1. The molecule has 0 aliphatic carbocycles. The van der Waals surface area contributed by atoms with Crippen LogP contribution in [0.1, 0.15) is 110 Å². The van der Waals surface area contributed by atoms with Crippen LogP contribution in [0, 0.1) is 0 Å². The predicted octanol–water partition coefficient (Wildman–Crippen LogP) is 6.77. The van der Waals surface area contributed by atoms with Crippen molar-refractivity contribution in [1.29, 1.82) is 0 Å². The molecule has 0 bridgehead atoms. The van der Waals surface area contributed by atoms with Crippen molar-refractivity contribution in [3.63, 3.8) is 0 Å². The Labute approximate surface area is 263 Å². The summed E-state index contributed by atoms with van der Waals surface area (Å²) >= 11 is 0. The molecule has 0 aliphatic heterocycles. The zero-order chi connectivity index (χ0) is 32.7. The number of alkyl carbamates (subject to hydrolysis) is 1. The number of benzene rings is 2. The molecule has 3 unspecified atom stereocenters. The van der Waals surface area contributed by atoms with Crippen LogP contribution in [0.25, 0.3) is 0 Å². The highest BCUT2D eigenvalue weighted by Crippen LogP contribution is 2.26. The van der Waals surface area contributed by atoms with Gasteiger partial charge in [0.15, 0.2) is 0 Å². The number of nitrogens with zero attached hydrogens (tertiary/aromatic N) is 1. The Morgan fingerprint density at radius 1 is 0.818 bits per heavy atom. The van der Waals surface area contributed by atoms with Gasteiger partial charge in [0.05, 0.1) is 0 Å². The summed E-state index contributed by atoms with van der Waals surface area (Å²) in [4.78, 5) is 43.0. The number of phenolic OH excluding ortho intramolecular Hbond substituents is 2. The Morgan fingerprint density at radius 2 is 1.39 bits per heavy atom. The van der Waals surface area contributed by atoms with Crippen molar-refractivity contribution < 1.29 is 29.3 Å². The molecular weight excluding hydrogens is 558 g/mol. The van der Waals surface area contributed by atoms with Gasteiger partial charge in [-0.05, 0) is 75.9 Å². The molecular formula is C35H53N3O6. The minimum Gasteiger partial charge on any atom is -0.508 e. The van der Waals surface area contributed by atoms with Gasteiger partial charge in [0.2, 0.25) is 11.8 Å². The molecule has 0 aromatic heterocycles. The van der Waals surface area contributed by atoms with E-state index in [-0.39, 0.29) is 29.9 Å². The first kappa shape index (κ1) is 36.4. The normalized spacial score (nSPS) is 13.4. The highest BCUT2D eigenvalue weighted by atomic mass is 16.6. The Hall–Kier alpha value is -3.75. The van der Waals surface area contributed by atoms with Gasteiger partial charge in [-0.1, -0.05) is 76.6 Å². The number of carbonyl (C=O) groups is 3. The average molecular weight is 612 g/mol. The molecule has 3 amide bonds. The fourth-order valence-electron chi connectivity index (χ4n) is 5.10. The van der Waals surface area contributed by atoms with Crippen molar-refractivity contribution in [1.82, 2.24) is 15.5 Å². The van der Waals surface area contributed by atoms with Gasteiger partial charge in [-0.25, -0.2) is 4.79 Å². The molecule has 2 aromatic rings. The third kappa shape index (κ3) is 12.9. The van der Waals surface area contributed by atoms with Gasteiger partial charge in [0.1, 0.15) is 29.2 Å². The van der Waals surface area contributed by atoms with E-state index >= 15 is 0 Å². The van der Waals surface area contributed by atoms with E-state index in [4.69, 9.17) is 4.74 Å². The summed E-state index contributed by atoms with van der Waals surface area (Å²) in [7, 11) is 0. The quantitative estimate of drug-likeness (QED) is 0.146. The average Bonchev–Trinajstić information content (AvgIpc) is 2.94. The monoisotopic (exact) mass is 611 g/mol. The molecule has 0 saturated carbocycles. The Morgan fingerprint density at radius 3 is 1.95 bits per heavy atom. The van der Waals surface area contributed by atoms with Gasteiger partial charge < -0.3 is 30.5 Å². The smallest absolute Gasteiger partial charge is 0.408 e. The van der Waals surface area contributed by atoms with Crippen LogP contribution in [0.5, 0.6) is 11.5 Å². The van der Waals surface area contributed by atoms with Gasteiger partial charge in [0.25, 0.3) is 0 Å². The number of nitrogens with one attached hydrogen (secondary N) is 2. The van der Waals surface area contributed by atoms with E-state index in [0.29, 0.717) is 18.5 Å². The fourth-order valence-corrected chi connectivity index (χ4v) is 5.10. The van der Waals surface area contributed by atoms with Crippen LogP contribution in [0.2, 0.25) is 0 Å². The lowest BCUT2D eigenvalue weighted by molar-refractivity contribution is -0.142. The molecule has 0 radical (unpaired) electrons. The van der Waals surface area contributed by atoms with Crippen LogP contribution in [0.4, 0.5) is 4.79 Å². The van der Waals surface area contributed by atoms with Crippen molar-refractivity contribution >= 4 is 17.9 Å². The topological polar surface area (TPSA) is 128 Å². The van der Waals surface area contributed by atoms with E-state index in [1.54, 1.807) is 49.9 Å². The molecule has 0 fully saturated rings. The van der Waals surface area contributed by atoms with Crippen LogP contribution < -0.4 is 10.6 Å². The van der Waals surface area contributed by atoms with Gasteiger partial charge in [-0.3, -0.25) is 9.59 Å². The zero-order valence-electron chi connectivity index (χ0n) is 27.4. The molecule has 4 N–H and O–H groups in total. The van der Waals surface area contributed by atoms with Crippen LogP contribution in [0.3, 0.4) is 0 Å².